The van der Waals surface area contributed by atoms with E-state index in [1.165, 1.54) is 16.7 Å². The molecular weight excluding hydrogens is 360 g/mol. The molecule has 1 heterocycles. The van der Waals surface area contributed by atoms with Gasteiger partial charge in [-0.25, -0.2) is 0 Å². The Labute approximate surface area is 171 Å². The molecule has 0 radical (unpaired) electrons. The lowest BCUT2D eigenvalue weighted by atomic mass is 9.71. The predicted molar refractivity (Wildman–Crippen MR) is 116 cm³/mol. The summed E-state index contributed by atoms with van der Waals surface area (Å²) in [5, 5.41) is 13.7. The number of hydrogen-bond acceptors (Lipinski definition) is 4. The molecule has 0 bridgehead atoms. The van der Waals surface area contributed by atoms with Crippen molar-refractivity contribution in [3.8, 4) is 0 Å². The van der Waals surface area contributed by atoms with Crippen molar-refractivity contribution in [3.63, 3.8) is 0 Å². The second-order valence-corrected chi connectivity index (χ2v) is 7.99. The van der Waals surface area contributed by atoms with Crippen LogP contribution in [0.5, 0.6) is 0 Å². The van der Waals surface area contributed by atoms with E-state index >= 15 is 0 Å². The SMILES string of the molecule is COC1=CC(C2=CC3CCC=CC3c3ccccc32)N=C(C2=CC=CCC2O)N1. The van der Waals surface area contributed by atoms with Crippen molar-refractivity contribution in [2.75, 3.05) is 7.11 Å². The van der Waals surface area contributed by atoms with Crippen molar-refractivity contribution in [1.29, 1.82) is 0 Å². The van der Waals surface area contributed by atoms with Gasteiger partial charge in [0.05, 0.1) is 13.2 Å². The van der Waals surface area contributed by atoms with Gasteiger partial charge in [0, 0.05) is 17.6 Å². The zero-order valence-corrected chi connectivity index (χ0v) is 16.6. The first-order valence-electron chi connectivity index (χ1n) is 10.4. The number of aliphatic imine (C=N–C) groups is 1. The first kappa shape index (κ1) is 18.2. The molecule has 4 unspecified atom stereocenters. The van der Waals surface area contributed by atoms with Crippen molar-refractivity contribution in [1.82, 2.24) is 5.32 Å². The van der Waals surface area contributed by atoms with Gasteiger partial charge in [0.15, 0.2) is 5.88 Å². The molecule has 0 saturated carbocycles. The van der Waals surface area contributed by atoms with Crippen LogP contribution in [-0.2, 0) is 4.74 Å². The van der Waals surface area contributed by atoms with Crippen molar-refractivity contribution in [2.24, 2.45) is 10.9 Å². The van der Waals surface area contributed by atoms with Gasteiger partial charge in [-0.1, -0.05) is 60.7 Å². The summed E-state index contributed by atoms with van der Waals surface area (Å²) in [6, 6.07) is 8.54. The van der Waals surface area contributed by atoms with E-state index in [1.807, 2.05) is 24.3 Å². The summed E-state index contributed by atoms with van der Waals surface area (Å²) in [5.74, 6) is 2.31. The van der Waals surface area contributed by atoms with Gasteiger partial charge >= 0.3 is 0 Å². The molecule has 4 nitrogen and oxygen atoms in total. The molecular formula is C25H26N2O2. The fraction of sp³-hybridized carbons (Fsp3) is 0.320. The van der Waals surface area contributed by atoms with Crippen LogP contribution in [0.3, 0.4) is 0 Å². The maximum absolute atomic E-state index is 10.5. The van der Waals surface area contributed by atoms with Crippen LogP contribution in [-0.4, -0.2) is 30.2 Å². The van der Waals surface area contributed by atoms with Crippen LogP contribution in [0.25, 0.3) is 5.57 Å². The van der Waals surface area contributed by atoms with E-state index in [-0.39, 0.29) is 6.04 Å². The second kappa shape index (κ2) is 7.53. The Morgan fingerprint density at radius 3 is 2.90 bits per heavy atom. The number of allylic oxidation sites excluding steroid dienone is 5. The fourth-order valence-electron chi connectivity index (χ4n) is 4.79. The number of fused-ring (bicyclic) bond motifs is 3. The minimum absolute atomic E-state index is 0.145. The van der Waals surface area contributed by atoms with Gasteiger partial charge in [-0.2, -0.15) is 0 Å². The number of rotatable bonds is 3. The number of aliphatic hydroxyl groups excluding tert-OH is 1. The van der Waals surface area contributed by atoms with E-state index in [1.54, 1.807) is 7.11 Å². The molecule has 1 aliphatic heterocycles. The van der Waals surface area contributed by atoms with E-state index in [0.717, 1.165) is 18.4 Å². The second-order valence-electron chi connectivity index (χ2n) is 7.99. The van der Waals surface area contributed by atoms with Gasteiger partial charge in [-0.05, 0) is 41.9 Å². The first-order valence-corrected chi connectivity index (χ1v) is 10.4. The Morgan fingerprint density at radius 1 is 1.14 bits per heavy atom. The zero-order chi connectivity index (χ0) is 19.8. The fourth-order valence-corrected chi connectivity index (χ4v) is 4.79. The molecule has 1 aromatic carbocycles. The van der Waals surface area contributed by atoms with Crippen molar-refractivity contribution < 1.29 is 9.84 Å². The molecule has 0 spiro atoms. The van der Waals surface area contributed by atoms with Crippen LogP contribution in [0.4, 0.5) is 0 Å². The van der Waals surface area contributed by atoms with Crippen LogP contribution in [0.1, 0.15) is 36.3 Å². The third-order valence-corrected chi connectivity index (χ3v) is 6.26. The number of ether oxygens (including phenoxy) is 1. The first-order chi connectivity index (χ1) is 14.2. The van der Waals surface area contributed by atoms with Gasteiger partial charge in [0.2, 0.25) is 0 Å². The highest BCUT2D eigenvalue weighted by Crippen LogP contribution is 2.45. The monoisotopic (exact) mass is 386 g/mol. The predicted octanol–water partition coefficient (Wildman–Crippen LogP) is 4.24. The summed E-state index contributed by atoms with van der Waals surface area (Å²) in [7, 11) is 1.66. The van der Waals surface area contributed by atoms with Gasteiger partial charge in [0.1, 0.15) is 11.9 Å². The molecule has 0 amide bonds. The number of aliphatic hydroxyl groups is 1. The summed E-state index contributed by atoms with van der Waals surface area (Å²) in [5.41, 5.74) is 4.68. The summed E-state index contributed by atoms with van der Waals surface area (Å²) >= 11 is 0. The molecule has 2 N–H and O–H groups in total. The van der Waals surface area contributed by atoms with Crippen molar-refractivity contribution >= 4 is 11.4 Å². The molecule has 0 aromatic heterocycles. The van der Waals surface area contributed by atoms with Gasteiger partial charge in [-0.15, -0.1) is 0 Å². The van der Waals surface area contributed by atoms with Crippen LogP contribution >= 0.6 is 0 Å². The Morgan fingerprint density at radius 2 is 2.03 bits per heavy atom. The minimum Gasteiger partial charge on any atom is -0.482 e. The summed E-state index contributed by atoms with van der Waals surface area (Å²) in [6.45, 7) is 0. The average molecular weight is 386 g/mol. The van der Waals surface area contributed by atoms with Crippen molar-refractivity contribution in [3.05, 3.63) is 89.4 Å². The largest absolute Gasteiger partial charge is 0.482 e. The van der Waals surface area contributed by atoms with Crippen LogP contribution in [0.15, 0.2) is 83.2 Å². The Bertz CT molecular complexity index is 996. The summed E-state index contributed by atoms with van der Waals surface area (Å²) in [4.78, 5) is 5.01. The van der Waals surface area contributed by atoms with E-state index < -0.39 is 6.10 Å². The van der Waals surface area contributed by atoms with E-state index in [9.17, 15) is 5.11 Å². The highest BCUT2D eigenvalue weighted by atomic mass is 16.5. The van der Waals surface area contributed by atoms with E-state index in [0.29, 0.717) is 30.0 Å². The molecule has 4 atom stereocenters. The number of hydrogen-bond donors (Lipinski definition) is 2. The number of nitrogens with one attached hydrogen (secondary N) is 1. The molecule has 5 rings (SSSR count). The molecule has 29 heavy (non-hydrogen) atoms. The van der Waals surface area contributed by atoms with Crippen LogP contribution < -0.4 is 5.32 Å². The van der Waals surface area contributed by atoms with Gasteiger partial charge < -0.3 is 15.2 Å². The lowest BCUT2D eigenvalue weighted by molar-refractivity contribution is 0.217. The van der Waals surface area contributed by atoms with Gasteiger partial charge in [0.25, 0.3) is 0 Å². The normalized spacial score (nSPS) is 30.1. The highest BCUT2D eigenvalue weighted by Gasteiger charge is 2.33. The molecule has 148 valence electrons. The van der Waals surface area contributed by atoms with Crippen LogP contribution in [0, 0.1) is 5.92 Å². The lowest BCUT2D eigenvalue weighted by Gasteiger charge is -2.35. The Kier molecular flexibility index (Phi) is 4.72. The smallest absolute Gasteiger partial charge is 0.190 e. The molecule has 3 aliphatic carbocycles. The van der Waals surface area contributed by atoms with E-state index in [4.69, 9.17) is 9.73 Å². The van der Waals surface area contributed by atoms with Crippen molar-refractivity contribution in [2.45, 2.75) is 37.3 Å². The number of amidine groups is 1. The number of benzene rings is 1. The summed E-state index contributed by atoms with van der Waals surface area (Å²) < 4.78 is 5.57. The standard InChI is InChI=1S/C25H26N2O2/c1-29-24-15-22(26-25(27-24)20-12-6-7-13-23(20)28)21-14-16-8-2-3-9-17(16)18-10-4-5-11-19(18)21/h3-7,9-12,14-17,22-23,28H,2,8,13H2,1H3,(H,26,27). The maximum atomic E-state index is 10.5. The number of nitrogens with zero attached hydrogens (tertiary/aromatic N) is 1. The molecule has 4 aliphatic rings. The highest BCUT2D eigenvalue weighted by molar-refractivity contribution is 6.02. The summed E-state index contributed by atoms with van der Waals surface area (Å²) in [6.07, 6.45) is 17.3. The molecule has 0 saturated heterocycles. The third-order valence-electron chi connectivity index (χ3n) is 6.26. The third kappa shape index (κ3) is 3.28. The average Bonchev–Trinajstić information content (AvgIpc) is 2.78. The van der Waals surface area contributed by atoms with E-state index in [2.05, 4.69) is 47.8 Å². The maximum Gasteiger partial charge on any atom is 0.190 e. The minimum atomic E-state index is -0.552. The molecule has 0 fully saturated rings. The molecule has 4 heteroatoms. The van der Waals surface area contributed by atoms with Crippen LogP contribution in [0.2, 0.25) is 0 Å². The quantitative estimate of drug-likeness (QED) is 0.764. The zero-order valence-electron chi connectivity index (χ0n) is 16.6. The van der Waals surface area contributed by atoms with Gasteiger partial charge in [-0.3, -0.25) is 4.99 Å². The topological polar surface area (TPSA) is 53.9 Å². The molecule has 1 aromatic rings. The lowest BCUT2D eigenvalue weighted by Crippen LogP contribution is -2.36. The Hall–Kier alpha value is -2.85. The number of methoxy groups -OCH3 is 1. The Balaban J connectivity index is 1.59.